The van der Waals surface area contributed by atoms with E-state index < -0.39 is 23.9 Å². The molecule has 0 fully saturated rings. The van der Waals surface area contributed by atoms with Crippen LogP contribution in [0.5, 0.6) is 0 Å². The lowest BCUT2D eigenvalue weighted by Crippen LogP contribution is -2.46. The summed E-state index contributed by atoms with van der Waals surface area (Å²) < 4.78 is 0. The maximum atomic E-state index is 11.3. The Balaban J connectivity index is 4.15. The van der Waals surface area contributed by atoms with Crippen molar-refractivity contribution in [1.29, 1.82) is 0 Å². The summed E-state index contributed by atoms with van der Waals surface area (Å²) in [6, 6.07) is -1.75. The van der Waals surface area contributed by atoms with Crippen LogP contribution in [0.15, 0.2) is 12.2 Å². The Hall–Kier alpha value is -2.05. The van der Waals surface area contributed by atoms with Crippen molar-refractivity contribution in [2.24, 2.45) is 5.73 Å². The van der Waals surface area contributed by atoms with Gasteiger partial charge in [-0.15, -0.1) is 0 Å². The van der Waals surface area contributed by atoms with E-state index in [2.05, 4.69) is 17.2 Å². The Morgan fingerprint density at radius 3 is 2.41 bits per heavy atom. The fraction of sp³-hybridized carbons (Fsp3) is 0.500. The number of carboxylic acid groups (broad SMARTS) is 1. The standard InChI is InChI=1S/C10H17N3O4/c1-6(2)5-12-10(17)13-7(9(15)16)3-4-8(11)14/h7H,1,3-5H2,2H3,(H2,11,14)(H,15,16)(H2,12,13,17)/t7-/m0/s1. The highest BCUT2D eigenvalue weighted by Crippen LogP contribution is 1.97. The van der Waals surface area contributed by atoms with Crippen LogP contribution in [0, 0.1) is 0 Å². The average molecular weight is 243 g/mol. The molecule has 0 saturated carbocycles. The lowest BCUT2D eigenvalue weighted by molar-refractivity contribution is -0.139. The van der Waals surface area contributed by atoms with Crippen molar-refractivity contribution in [3.63, 3.8) is 0 Å². The summed E-state index contributed by atoms with van der Waals surface area (Å²) in [4.78, 5) is 32.6. The Bertz CT molecular complexity index is 328. The fourth-order valence-electron chi connectivity index (χ4n) is 0.984. The number of carbonyl (C=O) groups is 3. The van der Waals surface area contributed by atoms with Gasteiger partial charge in [-0.1, -0.05) is 12.2 Å². The molecule has 0 bridgehead atoms. The summed E-state index contributed by atoms with van der Waals surface area (Å²) in [6.45, 7) is 5.56. The van der Waals surface area contributed by atoms with Gasteiger partial charge in [-0.3, -0.25) is 4.79 Å². The van der Waals surface area contributed by atoms with Gasteiger partial charge in [-0.25, -0.2) is 9.59 Å². The van der Waals surface area contributed by atoms with Crippen LogP contribution in [-0.2, 0) is 9.59 Å². The molecule has 0 aromatic heterocycles. The van der Waals surface area contributed by atoms with Gasteiger partial charge in [0.05, 0.1) is 0 Å². The topological polar surface area (TPSA) is 122 Å². The lowest BCUT2D eigenvalue weighted by Gasteiger charge is -2.14. The molecule has 0 aromatic rings. The largest absolute Gasteiger partial charge is 0.480 e. The van der Waals surface area contributed by atoms with Crippen LogP contribution in [-0.4, -0.2) is 35.6 Å². The fourth-order valence-corrected chi connectivity index (χ4v) is 0.984. The molecule has 96 valence electrons. The molecule has 0 rings (SSSR count). The van der Waals surface area contributed by atoms with Gasteiger partial charge in [0, 0.05) is 13.0 Å². The number of hydrogen-bond acceptors (Lipinski definition) is 3. The van der Waals surface area contributed by atoms with E-state index in [0.29, 0.717) is 0 Å². The van der Waals surface area contributed by atoms with Gasteiger partial charge in [0.2, 0.25) is 5.91 Å². The van der Waals surface area contributed by atoms with Gasteiger partial charge in [0.15, 0.2) is 0 Å². The Kier molecular flexibility index (Phi) is 6.39. The van der Waals surface area contributed by atoms with E-state index in [4.69, 9.17) is 10.8 Å². The number of aliphatic carboxylic acids is 1. The van der Waals surface area contributed by atoms with Gasteiger partial charge in [-0.05, 0) is 13.3 Å². The average Bonchev–Trinajstić information content (AvgIpc) is 2.20. The zero-order valence-corrected chi connectivity index (χ0v) is 9.66. The SMILES string of the molecule is C=C(C)CNC(=O)N[C@@H](CCC(N)=O)C(=O)O. The number of urea groups is 1. The number of carbonyl (C=O) groups excluding carboxylic acids is 2. The Labute approximate surface area is 99.1 Å². The molecule has 0 aromatic carbocycles. The second-order valence-electron chi connectivity index (χ2n) is 3.68. The van der Waals surface area contributed by atoms with Crippen molar-refractivity contribution < 1.29 is 19.5 Å². The number of nitrogens with two attached hydrogens (primary N) is 1. The van der Waals surface area contributed by atoms with Crippen LogP contribution in [0.3, 0.4) is 0 Å². The number of hydrogen-bond donors (Lipinski definition) is 4. The van der Waals surface area contributed by atoms with Crippen molar-refractivity contribution in [3.05, 3.63) is 12.2 Å². The molecular weight excluding hydrogens is 226 g/mol. The van der Waals surface area contributed by atoms with Crippen molar-refractivity contribution in [1.82, 2.24) is 10.6 Å². The first-order valence-corrected chi connectivity index (χ1v) is 5.02. The third-order valence-electron chi connectivity index (χ3n) is 1.83. The molecule has 7 nitrogen and oxygen atoms in total. The molecule has 0 heterocycles. The molecule has 0 unspecified atom stereocenters. The molecule has 0 aliphatic carbocycles. The number of rotatable bonds is 7. The zero-order chi connectivity index (χ0) is 13.4. The quantitative estimate of drug-likeness (QED) is 0.453. The minimum absolute atomic E-state index is 0.0365. The van der Waals surface area contributed by atoms with Crippen LogP contribution in [0.2, 0.25) is 0 Å². The number of primary amides is 1. The molecule has 5 N–H and O–H groups in total. The van der Waals surface area contributed by atoms with Crippen LogP contribution in [0.25, 0.3) is 0 Å². The van der Waals surface area contributed by atoms with E-state index in [-0.39, 0.29) is 19.4 Å². The first-order chi connectivity index (χ1) is 7.82. The molecule has 1 atom stereocenters. The molecule has 0 aliphatic rings. The van der Waals surface area contributed by atoms with Crippen molar-refractivity contribution in [2.45, 2.75) is 25.8 Å². The van der Waals surface area contributed by atoms with E-state index in [1.54, 1.807) is 6.92 Å². The number of amides is 3. The van der Waals surface area contributed by atoms with Gasteiger partial charge < -0.3 is 21.5 Å². The van der Waals surface area contributed by atoms with Gasteiger partial charge in [0.1, 0.15) is 6.04 Å². The molecule has 0 radical (unpaired) electrons. The second kappa shape index (κ2) is 7.26. The van der Waals surface area contributed by atoms with Crippen molar-refractivity contribution >= 4 is 17.9 Å². The minimum Gasteiger partial charge on any atom is -0.480 e. The van der Waals surface area contributed by atoms with Crippen LogP contribution >= 0.6 is 0 Å². The number of carboxylic acids is 1. The maximum Gasteiger partial charge on any atom is 0.326 e. The van der Waals surface area contributed by atoms with Crippen LogP contribution in [0.4, 0.5) is 4.79 Å². The summed E-state index contributed by atoms with van der Waals surface area (Å²) in [7, 11) is 0. The minimum atomic E-state index is -1.21. The third kappa shape index (κ3) is 7.83. The first kappa shape index (κ1) is 14.9. The second-order valence-corrected chi connectivity index (χ2v) is 3.68. The van der Waals surface area contributed by atoms with Crippen molar-refractivity contribution in [2.75, 3.05) is 6.54 Å². The first-order valence-electron chi connectivity index (χ1n) is 5.02. The summed E-state index contributed by atoms with van der Waals surface area (Å²) in [5, 5.41) is 13.5. The molecular formula is C10H17N3O4. The third-order valence-corrected chi connectivity index (χ3v) is 1.83. The Morgan fingerprint density at radius 2 is 2.00 bits per heavy atom. The summed E-state index contributed by atoms with van der Waals surface area (Å²) >= 11 is 0. The van der Waals surface area contributed by atoms with E-state index in [9.17, 15) is 14.4 Å². The zero-order valence-electron chi connectivity index (χ0n) is 9.66. The van der Waals surface area contributed by atoms with Crippen LogP contribution in [0.1, 0.15) is 19.8 Å². The van der Waals surface area contributed by atoms with E-state index in [0.717, 1.165) is 5.57 Å². The monoisotopic (exact) mass is 243 g/mol. The number of nitrogens with one attached hydrogen (secondary N) is 2. The highest BCUT2D eigenvalue weighted by Gasteiger charge is 2.20. The van der Waals surface area contributed by atoms with Gasteiger partial charge >= 0.3 is 12.0 Å². The molecule has 0 saturated heterocycles. The highest BCUT2D eigenvalue weighted by atomic mass is 16.4. The Morgan fingerprint density at radius 1 is 1.41 bits per heavy atom. The summed E-state index contributed by atoms with van der Waals surface area (Å²) in [5.74, 6) is -1.82. The van der Waals surface area contributed by atoms with Crippen LogP contribution < -0.4 is 16.4 Å². The molecule has 3 amide bonds. The summed E-state index contributed by atoms with van der Waals surface area (Å²) in [6.07, 6.45) is -0.136. The molecule has 7 heteroatoms. The predicted molar refractivity (Wildman–Crippen MR) is 61.2 cm³/mol. The van der Waals surface area contributed by atoms with Gasteiger partial charge in [-0.2, -0.15) is 0 Å². The van der Waals surface area contributed by atoms with E-state index >= 15 is 0 Å². The van der Waals surface area contributed by atoms with Crippen molar-refractivity contribution in [3.8, 4) is 0 Å². The van der Waals surface area contributed by atoms with E-state index in [1.165, 1.54) is 0 Å². The lowest BCUT2D eigenvalue weighted by atomic mass is 10.1. The molecule has 17 heavy (non-hydrogen) atoms. The van der Waals surface area contributed by atoms with Gasteiger partial charge in [0.25, 0.3) is 0 Å². The summed E-state index contributed by atoms with van der Waals surface area (Å²) in [5.41, 5.74) is 5.64. The van der Waals surface area contributed by atoms with E-state index in [1.807, 2.05) is 0 Å². The highest BCUT2D eigenvalue weighted by molar-refractivity contribution is 5.83. The molecule has 0 spiro atoms. The molecule has 0 aliphatic heterocycles. The smallest absolute Gasteiger partial charge is 0.326 e. The normalized spacial score (nSPS) is 11.4. The maximum absolute atomic E-state index is 11.3. The predicted octanol–water partition coefficient (Wildman–Crippen LogP) is -0.420.